The van der Waals surface area contributed by atoms with E-state index in [0.29, 0.717) is 29.4 Å². The van der Waals surface area contributed by atoms with Crippen molar-refractivity contribution in [3.63, 3.8) is 0 Å². The van der Waals surface area contributed by atoms with E-state index in [9.17, 15) is 4.79 Å². The number of carbonyl (C=O) groups is 1. The highest BCUT2D eigenvalue weighted by Gasteiger charge is 2.34. The van der Waals surface area contributed by atoms with Gasteiger partial charge >= 0.3 is 0 Å². The quantitative estimate of drug-likeness (QED) is 0.711. The summed E-state index contributed by atoms with van der Waals surface area (Å²) >= 11 is 0. The molecule has 0 saturated carbocycles. The number of carbonyl (C=O) groups excluding carboxylic acids is 1. The summed E-state index contributed by atoms with van der Waals surface area (Å²) in [5.41, 5.74) is 1.21. The maximum atomic E-state index is 13.3. The number of methoxy groups -OCH3 is 1. The molecule has 1 fully saturated rings. The maximum absolute atomic E-state index is 13.3. The van der Waals surface area contributed by atoms with E-state index >= 15 is 0 Å². The zero-order valence-electron chi connectivity index (χ0n) is 16.6. The van der Waals surface area contributed by atoms with Gasteiger partial charge in [0.15, 0.2) is 5.82 Å². The molecule has 1 N–H and O–H groups in total. The molecule has 29 heavy (non-hydrogen) atoms. The van der Waals surface area contributed by atoms with Gasteiger partial charge in [0, 0.05) is 30.9 Å². The standard InChI is InChI=1S/C21H23N5O3/c1-13-10-15(24-19-11-16(28-3)8-9-22-19)12-26(13)21(27)18-7-5-4-6-17(18)20-23-14(2)25-29-20/h4-9,11,13,15H,10,12H2,1-3H3,(H,22,24)/t13-,15-/m1/s1. The molecule has 1 aliphatic heterocycles. The minimum atomic E-state index is -0.0492. The van der Waals surface area contributed by atoms with E-state index in [4.69, 9.17) is 9.26 Å². The number of benzene rings is 1. The Morgan fingerprint density at radius 2 is 2.14 bits per heavy atom. The number of amides is 1. The van der Waals surface area contributed by atoms with Crippen molar-refractivity contribution in [1.29, 1.82) is 0 Å². The van der Waals surface area contributed by atoms with Crippen LogP contribution in [0.3, 0.4) is 0 Å². The van der Waals surface area contributed by atoms with E-state index in [1.54, 1.807) is 32.4 Å². The molecule has 3 heterocycles. The van der Waals surface area contributed by atoms with E-state index < -0.39 is 0 Å². The van der Waals surface area contributed by atoms with Crippen molar-refractivity contribution < 1.29 is 14.1 Å². The van der Waals surface area contributed by atoms with E-state index in [2.05, 4.69) is 27.4 Å². The second-order valence-electron chi connectivity index (χ2n) is 7.16. The van der Waals surface area contributed by atoms with Crippen LogP contribution in [-0.2, 0) is 0 Å². The molecule has 3 aromatic rings. The van der Waals surface area contributed by atoms with Gasteiger partial charge in [0.1, 0.15) is 11.6 Å². The van der Waals surface area contributed by atoms with Crippen molar-refractivity contribution in [2.75, 3.05) is 19.0 Å². The third-order valence-electron chi connectivity index (χ3n) is 5.07. The first-order valence-electron chi connectivity index (χ1n) is 9.52. The number of likely N-dealkylation sites (tertiary alicyclic amines) is 1. The van der Waals surface area contributed by atoms with Gasteiger partial charge in [-0.2, -0.15) is 4.98 Å². The van der Waals surface area contributed by atoms with E-state index in [-0.39, 0.29) is 18.0 Å². The summed E-state index contributed by atoms with van der Waals surface area (Å²) in [6.07, 6.45) is 2.53. The minimum Gasteiger partial charge on any atom is -0.497 e. The van der Waals surface area contributed by atoms with Crippen LogP contribution in [-0.4, -0.2) is 51.7 Å². The lowest BCUT2D eigenvalue weighted by Crippen LogP contribution is -2.35. The normalized spacial score (nSPS) is 18.7. The zero-order chi connectivity index (χ0) is 20.4. The Morgan fingerprint density at radius 3 is 2.90 bits per heavy atom. The van der Waals surface area contributed by atoms with Crippen molar-refractivity contribution in [2.45, 2.75) is 32.4 Å². The summed E-state index contributed by atoms with van der Waals surface area (Å²) in [5.74, 6) is 2.31. The molecule has 1 aromatic carbocycles. The first kappa shape index (κ1) is 18.9. The average Bonchev–Trinajstić information content (AvgIpc) is 3.33. The number of hydrogen-bond donors (Lipinski definition) is 1. The summed E-state index contributed by atoms with van der Waals surface area (Å²) < 4.78 is 10.5. The van der Waals surface area contributed by atoms with Crippen LogP contribution in [0.25, 0.3) is 11.5 Å². The van der Waals surface area contributed by atoms with Crippen molar-refractivity contribution in [3.8, 4) is 17.2 Å². The molecule has 150 valence electrons. The van der Waals surface area contributed by atoms with Gasteiger partial charge in [-0.1, -0.05) is 17.3 Å². The molecule has 2 atom stereocenters. The van der Waals surface area contributed by atoms with Crippen molar-refractivity contribution in [2.24, 2.45) is 0 Å². The lowest BCUT2D eigenvalue weighted by Gasteiger charge is -2.22. The summed E-state index contributed by atoms with van der Waals surface area (Å²) in [5, 5.41) is 7.25. The number of pyridine rings is 1. The number of nitrogens with zero attached hydrogens (tertiary/aromatic N) is 4. The van der Waals surface area contributed by atoms with E-state index in [0.717, 1.165) is 18.0 Å². The number of aromatic nitrogens is 3. The first-order chi connectivity index (χ1) is 14.0. The minimum absolute atomic E-state index is 0.0492. The number of ether oxygens (including phenoxy) is 1. The van der Waals surface area contributed by atoms with Gasteiger partial charge < -0.3 is 19.5 Å². The SMILES string of the molecule is COc1ccnc(N[C@@H]2C[C@@H](C)N(C(=O)c3ccccc3-c3nc(C)no3)C2)c1. The van der Waals surface area contributed by atoms with Crippen LogP contribution >= 0.6 is 0 Å². The first-order valence-corrected chi connectivity index (χ1v) is 9.52. The molecule has 4 rings (SSSR count). The second kappa shape index (κ2) is 7.90. The van der Waals surface area contributed by atoms with Gasteiger partial charge in [0.05, 0.1) is 18.2 Å². The highest BCUT2D eigenvalue weighted by molar-refractivity contribution is 6.00. The highest BCUT2D eigenvalue weighted by atomic mass is 16.5. The van der Waals surface area contributed by atoms with Crippen LogP contribution in [0.15, 0.2) is 47.1 Å². The average molecular weight is 393 g/mol. The summed E-state index contributed by atoms with van der Waals surface area (Å²) in [6.45, 7) is 4.39. The molecule has 0 aliphatic carbocycles. The van der Waals surface area contributed by atoms with Gasteiger partial charge in [-0.05, 0) is 38.5 Å². The Kier molecular flexibility index (Phi) is 5.16. The van der Waals surface area contributed by atoms with Gasteiger partial charge in [-0.3, -0.25) is 4.79 Å². The van der Waals surface area contributed by atoms with Crippen molar-refractivity contribution in [1.82, 2.24) is 20.0 Å². The molecule has 0 radical (unpaired) electrons. The predicted molar refractivity (Wildman–Crippen MR) is 108 cm³/mol. The third kappa shape index (κ3) is 3.91. The predicted octanol–water partition coefficient (Wildman–Crippen LogP) is 3.16. The molecule has 0 bridgehead atoms. The van der Waals surface area contributed by atoms with Gasteiger partial charge in [0.25, 0.3) is 11.8 Å². The molecule has 0 unspecified atom stereocenters. The summed E-state index contributed by atoms with van der Waals surface area (Å²) in [7, 11) is 1.62. The Morgan fingerprint density at radius 1 is 1.31 bits per heavy atom. The van der Waals surface area contributed by atoms with Crippen LogP contribution in [0.1, 0.15) is 29.5 Å². The molecule has 8 nitrogen and oxygen atoms in total. The Labute approximate surface area is 168 Å². The number of aryl methyl sites for hydroxylation is 1. The zero-order valence-corrected chi connectivity index (χ0v) is 16.6. The van der Waals surface area contributed by atoms with Crippen LogP contribution in [0, 0.1) is 6.92 Å². The van der Waals surface area contributed by atoms with E-state index in [1.165, 1.54) is 0 Å². The molecule has 2 aromatic heterocycles. The third-order valence-corrected chi connectivity index (χ3v) is 5.07. The Balaban J connectivity index is 1.53. The van der Waals surface area contributed by atoms with Gasteiger partial charge in [-0.25, -0.2) is 4.98 Å². The fraction of sp³-hybridized carbons (Fsp3) is 0.333. The maximum Gasteiger partial charge on any atom is 0.258 e. The number of anilines is 1. The Hall–Kier alpha value is -3.42. The second-order valence-corrected chi connectivity index (χ2v) is 7.16. The van der Waals surface area contributed by atoms with Crippen LogP contribution in [0.2, 0.25) is 0 Å². The summed E-state index contributed by atoms with van der Waals surface area (Å²) in [6, 6.07) is 11.2. The number of nitrogens with one attached hydrogen (secondary N) is 1. The molecule has 1 saturated heterocycles. The van der Waals surface area contributed by atoms with Gasteiger partial charge in [0.2, 0.25) is 0 Å². The number of hydrogen-bond acceptors (Lipinski definition) is 7. The van der Waals surface area contributed by atoms with Crippen LogP contribution in [0.5, 0.6) is 5.75 Å². The van der Waals surface area contributed by atoms with Crippen LogP contribution < -0.4 is 10.1 Å². The lowest BCUT2D eigenvalue weighted by molar-refractivity contribution is 0.0747. The lowest BCUT2D eigenvalue weighted by atomic mass is 10.1. The molecular weight excluding hydrogens is 370 g/mol. The van der Waals surface area contributed by atoms with Gasteiger partial charge in [-0.15, -0.1) is 0 Å². The fourth-order valence-electron chi connectivity index (χ4n) is 3.66. The molecular formula is C21H23N5O3. The summed E-state index contributed by atoms with van der Waals surface area (Å²) in [4.78, 5) is 23.8. The van der Waals surface area contributed by atoms with E-state index in [1.807, 2.05) is 29.2 Å². The van der Waals surface area contributed by atoms with Crippen molar-refractivity contribution in [3.05, 3.63) is 54.0 Å². The van der Waals surface area contributed by atoms with Crippen LogP contribution in [0.4, 0.5) is 5.82 Å². The highest BCUT2D eigenvalue weighted by Crippen LogP contribution is 2.28. The largest absolute Gasteiger partial charge is 0.497 e. The molecule has 8 heteroatoms. The van der Waals surface area contributed by atoms with Crippen molar-refractivity contribution >= 4 is 11.7 Å². The topological polar surface area (TPSA) is 93.4 Å². The molecule has 0 spiro atoms. The monoisotopic (exact) mass is 393 g/mol. The fourth-order valence-corrected chi connectivity index (χ4v) is 3.66. The molecule has 1 aliphatic rings. The Bertz CT molecular complexity index is 1020. The molecule has 1 amide bonds. The smallest absolute Gasteiger partial charge is 0.258 e. The number of rotatable bonds is 5.